The van der Waals surface area contributed by atoms with E-state index >= 15 is 0 Å². The van der Waals surface area contributed by atoms with Crippen molar-refractivity contribution >= 4 is 35.4 Å². The Kier molecular flexibility index (Phi) is 7.45. The zero-order valence-electron chi connectivity index (χ0n) is 14.1. The van der Waals surface area contributed by atoms with Crippen molar-refractivity contribution in [3.8, 4) is 0 Å². The van der Waals surface area contributed by atoms with E-state index in [0.717, 1.165) is 0 Å². The highest BCUT2D eigenvalue weighted by molar-refractivity contribution is 6.36. The Bertz CT molecular complexity index is 677. The Morgan fingerprint density at radius 2 is 2.08 bits per heavy atom. The zero-order valence-corrected chi connectivity index (χ0v) is 14.8. The minimum absolute atomic E-state index is 0.0804. The van der Waals surface area contributed by atoms with E-state index in [0.29, 0.717) is 12.2 Å². The van der Waals surface area contributed by atoms with E-state index in [2.05, 4.69) is 10.3 Å². The van der Waals surface area contributed by atoms with Crippen molar-refractivity contribution in [3.63, 3.8) is 0 Å². The van der Waals surface area contributed by atoms with E-state index in [-0.39, 0.29) is 33.9 Å². The molecule has 0 fully saturated rings. The minimum Gasteiger partial charge on any atom is -0.512 e. The second-order valence-electron chi connectivity index (χ2n) is 5.21. The first-order chi connectivity index (χ1) is 11.3. The molecule has 130 valence electrons. The van der Waals surface area contributed by atoms with Gasteiger partial charge in [-0.05, 0) is 39.8 Å². The average Bonchev–Trinajstić information content (AvgIpc) is 2.48. The number of benzene rings is 1. The van der Waals surface area contributed by atoms with E-state index in [1.807, 2.05) is 0 Å². The van der Waals surface area contributed by atoms with Gasteiger partial charge in [0.15, 0.2) is 0 Å². The van der Waals surface area contributed by atoms with E-state index < -0.39 is 5.97 Å². The minimum atomic E-state index is -0.690. The quantitative estimate of drug-likeness (QED) is 0.354. The normalized spacial score (nSPS) is 12.2. The van der Waals surface area contributed by atoms with Gasteiger partial charge in [-0.1, -0.05) is 17.7 Å². The van der Waals surface area contributed by atoms with Crippen LogP contribution in [0.3, 0.4) is 0 Å². The molecule has 1 aromatic rings. The summed E-state index contributed by atoms with van der Waals surface area (Å²) in [6, 6.07) is 4.80. The van der Waals surface area contributed by atoms with Gasteiger partial charge in [-0.2, -0.15) is 0 Å². The first-order valence-electron chi connectivity index (χ1n) is 7.49. The second kappa shape index (κ2) is 9.08. The van der Waals surface area contributed by atoms with Crippen molar-refractivity contribution in [1.29, 1.82) is 0 Å². The molecule has 6 nitrogen and oxygen atoms in total. The van der Waals surface area contributed by atoms with Crippen LogP contribution >= 0.6 is 11.6 Å². The number of amides is 1. The third-order valence-electron chi connectivity index (χ3n) is 2.85. The molecule has 1 aromatic carbocycles. The van der Waals surface area contributed by atoms with E-state index in [4.69, 9.17) is 16.3 Å². The van der Waals surface area contributed by atoms with Crippen LogP contribution in [0.4, 0.5) is 5.69 Å². The molecule has 0 bridgehead atoms. The van der Waals surface area contributed by atoms with Gasteiger partial charge in [-0.15, -0.1) is 0 Å². The monoisotopic (exact) mass is 352 g/mol. The maximum Gasteiger partial charge on any atom is 0.343 e. The van der Waals surface area contributed by atoms with E-state index in [9.17, 15) is 14.7 Å². The number of aliphatic hydroxyl groups is 1. The number of nitrogens with zero attached hydrogens (tertiary/aromatic N) is 1. The number of halogens is 1. The summed E-state index contributed by atoms with van der Waals surface area (Å²) in [5.74, 6) is -1.22. The molecule has 0 aliphatic rings. The van der Waals surface area contributed by atoms with Gasteiger partial charge in [0.1, 0.15) is 11.3 Å². The highest BCUT2D eigenvalue weighted by Crippen LogP contribution is 2.28. The van der Waals surface area contributed by atoms with Crippen LogP contribution in [0.15, 0.2) is 34.5 Å². The number of nitrogens with one attached hydrogen (secondary N) is 1. The predicted octanol–water partition coefficient (Wildman–Crippen LogP) is 3.58. The van der Waals surface area contributed by atoms with Crippen molar-refractivity contribution in [1.82, 2.24) is 5.32 Å². The Hall–Kier alpha value is -2.34. The molecule has 0 unspecified atom stereocenters. The second-order valence-corrected chi connectivity index (χ2v) is 5.59. The number of hydrogen-bond acceptors (Lipinski definition) is 5. The van der Waals surface area contributed by atoms with Gasteiger partial charge in [-0.3, -0.25) is 9.79 Å². The first kappa shape index (κ1) is 19.7. The van der Waals surface area contributed by atoms with Gasteiger partial charge in [0.2, 0.25) is 0 Å². The predicted molar refractivity (Wildman–Crippen MR) is 94.2 cm³/mol. The topological polar surface area (TPSA) is 88.0 Å². The number of allylic oxidation sites excluding steroid dienone is 1. The summed E-state index contributed by atoms with van der Waals surface area (Å²) in [6.07, 6.45) is 0.841. The Balaban J connectivity index is 3.13. The lowest BCUT2D eigenvalue weighted by Crippen LogP contribution is -2.22. The van der Waals surface area contributed by atoms with Crippen molar-refractivity contribution in [2.24, 2.45) is 4.99 Å². The van der Waals surface area contributed by atoms with Crippen LogP contribution in [0.5, 0.6) is 0 Å². The highest BCUT2D eigenvalue weighted by atomic mass is 35.5. The van der Waals surface area contributed by atoms with E-state index in [1.165, 1.54) is 13.1 Å². The largest absolute Gasteiger partial charge is 0.512 e. The lowest BCUT2D eigenvalue weighted by Gasteiger charge is -2.09. The molecule has 0 radical (unpaired) electrons. The van der Waals surface area contributed by atoms with Crippen LogP contribution in [0.2, 0.25) is 5.02 Å². The third kappa shape index (κ3) is 5.38. The number of aliphatic imine (C=N–C) groups is 1. The number of hydrogen-bond donors (Lipinski definition) is 2. The van der Waals surface area contributed by atoms with Crippen LogP contribution in [0, 0.1) is 0 Å². The first-order valence-corrected chi connectivity index (χ1v) is 7.87. The maximum absolute atomic E-state index is 11.9. The molecule has 0 saturated heterocycles. The van der Waals surface area contributed by atoms with Crippen molar-refractivity contribution in [3.05, 3.63) is 40.1 Å². The Morgan fingerprint density at radius 1 is 1.42 bits per heavy atom. The van der Waals surface area contributed by atoms with Crippen molar-refractivity contribution in [2.45, 2.75) is 33.8 Å². The van der Waals surface area contributed by atoms with Crippen molar-refractivity contribution < 1.29 is 19.4 Å². The summed E-state index contributed by atoms with van der Waals surface area (Å²) in [7, 11) is 0. The van der Waals surface area contributed by atoms with Gasteiger partial charge >= 0.3 is 5.97 Å². The fraction of sp³-hybridized carbons (Fsp3) is 0.353. The molecular formula is C17H21ClN2O4. The van der Waals surface area contributed by atoms with Gasteiger partial charge in [0, 0.05) is 12.8 Å². The number of ether oxygens (including phenoxy) is 1. The van der Waals surface area contributed by atoms with Gasteiger partial charge in [0.05, 0.1) is 22.4 Å². The molecule has 1 rings (SSSR count). The van der Waals surface area contributed by atoms with Gasteiger partial charge in [0.25, 0.3) is 5.91 Å². The van der Waals surface area contributed by atoms with Crippen LogP contribution in [-0.4, -0.2) is 35.8 Å². The SMILES string of the molecule is CCNC(=O)c1cccc(N=CC(C(=O)OC(C)C)=C(C)O)c1Cl. The number of rotatable bonds is 6. The van der Waals surface area contributed by atoms with E-state index in [1.54, 1.807) is 39.0 Å². The highest BCUT2D eigenvalue weighted by Gasteiger charge is 2.16. The third-order valence-corrected chi connectivity index (χ3v) is 3.24. The van der Waals surface area contributed by atoms with Crippen LogP contribution in [0.1, 0.15) is 38.1 Å². The summed E-state index contributed by atoms with van der Waals surface area (Å²) in [5, 5.41) is 12.5. The molecule has 0 aromatic heterocycles. The maximum atomic E-state index is 11.9. The molecule has 1 amide bonds. The number of aliphatic hydroxyl groups excluding tert-OH is 1. The molecule has 7 heteroatoms. The summed E-state index contributed by atoms with van der Waals surface area (Å²) >= 11 is 6.20. The number of esters is 1. The molecule has 0 spiro atoms. The molecule has 24 heavy (non-hydrogen) atoms. The smallest absolute Gasteiger partial charge is 0.343 e. The van der Waals surface area contributed by atoms with Crippen LogP contribution < -0.4 is 5.32 Å². The molecule has 2 N–H and O–H groups in total. The van der Waals surface area contributed by atoms with Crippen LogP contribution in [0.25, 0.3) is 0 Å². The summed E-state index contributed by atoms with van der Waals surface area (Å²) in [6.45, 7) is 7.03. The van der Waals surface area contributed by atoms with Crippen LogP contribution in [-0.2, 0) is 9.53 Å². The Labute approximate surface area is 146 Å². The standard InChI is InChI=1S/C17H21ClN2O4/c1-5-19-16(22)12-7-6-8-14(15(12)18)20-9-13(11(4)21)17(23)24-10(2)3/h6-10,21H,5H2,1-4H3,(H,19,22). The summed E-state index contributed by atoms with van der Waals surface area (Å²) < 4.78 is 5.04. The molecule has 0 aliphatic heterocycles. The molecular weight excluding hydrogens is 332 g/mol. The number of carbonyl (C=O) groups excluding carboxylic acids is 2. The average molecular weight is 353 g/mol. The molecule has 0 heterocycles. The molecule has 0 aliphatic carbocycles. The molecule has 0 saturated carbocycles. The lowest BCUT2D eigenvalue weighted by atomic mass is 10.2. The van der Waals surface area contributed by atoms with Gasteiger partial charge in [-0.25, -0.2) is 4.79 Å². The number of carbonyl (C=O) groups is 2. The lowest BCUT2D eigenvalue weighted by molar-refractivity contribution is -0.142. The summed E-state index contributed by atoms with van der Waals surface area (Å²) in [5.41, 5.74) is 0.504. The van der Waals surface area contributed by atoms with Gasteiger partial charge < -0.3 is 15.2 Å². The molecule has 0 atom stereocenters. The Morgan fingerprint density at radius 3 is 2.62 bits per heavy atom. The fourth-order valence-electron chi connectivity index (χ4n) is 1.76. The summed E-state index contributed by atoms with van der Waals surface area (Å²) in [4.78, 5) is 28.0. The fourth-order valence-corrected chi connectivity index (χ4v) is 2.02. The zero-order chi connectivity index (χ0) is 18.3. The van der Waals surface area contributed by atoms with Crippen molar-refractivity contribution in [2.75, 3.05) is 6.54 Å².